The Morgan fingerprint density at radius 3 is 2.45 bits per heavy atom. The van der Waals surface area contributed by atoms with Crippen molar-refractivity contribution < 1.29 is 14.3 Å². The summed E-state index contributed by atoms with van der Waals surface area (Å²) >= 11 is 0. The van der Waals surface area contributed by atoms with Crippen molar-refractivity contribution in [1.29, 1.82) is 0 Å². The lowest BCUT2D eigenvalue weighted by Crippen LogP contribution is -2.53. The number of nitrogens with zero attached hydrogens (tertiary/aromatic N) is 3. The summed E-state index contributed by atoms with van der Waals surface area (Å²) in [6, 6.07) is 17.1. The van der Waals surface area contributed by atoms with E-state index in [4.69, 9.17) is 4.74 Å². The van der Waals surface area contributed by atoms with Crippen LogP contribution < -0.4 is 15.4 Å². The zero-order chi connectivity index (χ0) is 27.8. The van der Waals surface area contributed by atoms with Gasteiger partial charge in [-0.3, -0.25) is 14.5 Å². The number of hydrogen-bond acceptors (Lipinski definition) is 6. The molecule has 0 bridgehead atoms. The van der Waals surface area contributed by atoms with Crippen LogP contribution in [-0.4, -0.2) is 59.0 Å². The molecule has 2 amide bonds. The second-order valence-corrected chi connectivity index (χ2v) is 10.7. The number of likely N-dealkylation sites (tertiary alicyclic amines) is 1. The molecule has 1 atom stereocenters. The number of aryl methyl sites for hydroxylation is 1. The topological polar surface area (TPSA) is 96.5 Å². The summed E-state index contributed by atoms with van der Waals surface area (Å²) in [6.45, 7) is 4.91. The lowest BCUT2D eigenvalue weighted by molar-refractivity contribution is -0.134. The van der Waals surface area contributed by atoms with Crippen LogP contribution >= 0.6 is 0 Å². The van der Waals surface area contributed by atoms with Gasteiger partial charge < -0.3 is 15.4 Å². The fraction of sp³-hybridized carbons (Fsp3) is 0.375. The van der Waals surface area contributed by atoms with Gasteiger partial charge in [0.2, 0.25) is 5.91 Å². The highest BCUT2D eigenvalue weighted by Gasteiger charge is 2.41. The molecule has 8 heteroatoms. The van der Waals surface area contributed by atoms with Crippen molar-refractivity contribution in [2.24, 2.45) is 5.41 Å². The molecule has 0 unspecified atom stereocenters. The second-order valence-electron chi connectivity index (χ2n) is 10.7. The number of para-hydroxylation sites is 1. The number of benzene rings is 2. The summed E-state index contributed by atoms with van der Waals surface area (Å²) in [4.78, 5) is 38.1. The number of rotatable bonds is 4. The Labute approximate surface area is 235 Å². The SMILES string of the molecule is Cc1ncc(CN2CCC3(C/C=C/COc4ccccc4C(=O)NC[C@@H](Cc4ccccc4)NC3=O)CC2)cn1. The van der Waals surface area contributed by atoms with E-state index in [2.05, 4.69) is 31.6 Å². The maximum Gasteiger partial charge on any atom is 0.255 e. The highest BCUT2D eigenvalue weighted by molar-refractivity contribution is 5.97. The molecule has 5 rings (SSSR count). The summed E-state index contributed by atoms with van der Waals surface area (Å²) in [5.41, 5.74) is 2.14. The first-order chi connectivity index (χ1) is 19.5. The Balaban J connectivity index is 1.35. The summed E-state index contributed by atoms with van der Waals surface area (Å²) < 4.78 is 5.95. The molecule has 3 heterocycles. The zero-order valence-electron chi connectivity index (χ0n) is 23.0. The Kier molecular flexibility index (Phi) is 8.86. The molecule has 3 aromatic rings. The molecule has 2 N–H and O–H groups in total. The number of fused-ring (bicyclic) bond motifs is 1. The summed E-state index contributed by atoms with van der Waals surface area (Å²) in [6.07, 6.45) is 10.5. The van der Waals surface area contributed by atoms with E-state index in [-0.39, 0.29) is 17.9 Å². The van der Waals surface area contributed by atoms with Gasteiger partial charge in [-0.25, -0.2) is 9.97 Å². The van der Waals surface area contributed by atoms with Crippen LogP contribution in [0, 0.1) is 12.3 Å². The third-order valence-electron chi connectivity index (χ3n) is 7.85. The number of piperidine rings is 1. The highest BCUT2D eigenvalue weighted by Crippen LogP contribution is 2.36. The molecule has 1 spiro atoms. The van der Waals surface area contributed by atoms with Gasteiger partial charge in [0, 0.05) is 31.0 Å². The average molecular weight is 540 g/mol. The summed E-state index contributed by atoms with van der Waals surface area (Å²) in [7, 11) is 0. The fourth-order valence-corrected chi connectivity index (χ4v) is 5.44. The molecule has 1 fully saturated rings. The molecule has 1 aromatic heterocycles. The molecule has 2 aliphatic rings. The Morgan fingerprint density at radius 2 is 1.68 bits per heavy atom. The highest BCUT2D eigenvalue weighted by atomic mass is 16.5. The molecular formula is C32H37N5O3. The number of aromatic nitrogens is 2. The van der Waals surface area contributed by atoms with Gasteiger partial charge >= 0.3 is 0 Å². The normalized spacial score (nSPS) is 20.9. The van der Waals surface area contributed by atoms with Crippen molar-refractivity contribution in [3.05, 3.63) is 102 Å². The number of allylic oxidation sites excluding steroid dienone is 1. The first-order valence-corrected chi connectivity index (χ1v) is 14.0. The monoisotopic (exact) mass is 539 g/mol. The molecule has 2 aliphatic heterocycles. The number of carbonyl (C=O) groups excluding carboxylic acids is 2. The molecule has 0 radical (unpaired) electrons. The van der Waals surface area contributed by atoms with Gasteiger partial charge in [-0.15, -0.1) is 0 Å². The molecular weight excluding hydrogens is 502 g/mol. The van der Waals surface area contributed by atoms with Gasteiger partial charge in [-0.1, -0.05) is 54.6 Å². The maximum absolute atomic E-state index is 14.0. The smallest absolute Gasteiger partial charge is 0.255 e. The molecule has 0 saturated carbocycles. The molecule has 1 saturated heterocycles. The predicted octanol–water partition coefficient (Wildman–Crippen LogP) is 3.86. The van der Waals surface area contributed by atoms with Crippen molar-refractivity contribution in [2.45, 2.75) is 45.2 Å². The third kappa shape index (κ3) is 6.93. The minimum atomic E-state index is -0.530. The Morgan fingerprint density at radius 1 is 0.950 bits per heavy atom. The van der Waals surface area contributed by atoms with Crippen molar-refractivity contribution in [3.63, 3.8) is 0 Å². The van der Waals surface area contributed by atoms with Crippen molar-refractivity contribution >= 4 is 11.8 Å². The minimum Gasteiger partial charge on any atom is -0.489 e. The van der Waals surface area contributed by atoms with Crippen LogP contribution in [0.25, 0.3) is 0 Å². The summed E-state index contributed by atoms with van der Waals surface area (Å²) in [5, 5.41) is 6.38. The number of ether oxygens (including phenoxy) is 1. The van der Waals surface area contributed by atoms with Crippen molar-refractivity contribution in [2.75, 3.05) is 26.2 Å². The van der Waals surface area contributed by atoms with Crippen LogP contribution in [0.4, 0.5) is 0 Å². The van der Waals surface area contributed by atoms with Gasteiger partial charge in [0.05, 0.1) is 17.0 Å². The van der Waals surface area contributed by atoms with E-state index >= 15 is 0 Å². The van der Waals surface area contributed by atoms with Crippen LogP contribution in [0.2, 0.25) is 0 Å². The molecule has 0 aliphatic carbocycles. The first-order valence-electron chi connectivity index (χ1n) is 14.0. The molecule has 40 heavy (non-hydrogen) atoms. The number of hydrogen-bond donors (Lipinski definition) is 2. The van der Waals surface area contributed by atoms with E-state index in [1.807, 2.05) is 73.9 Å². The minimum absolute atomic E-state index is 0.0454. The standard InChI is InChI=1S/C32H37N5O3/c1-24-33-20-26(21-34-24)23-37-16-14-32(15-17-37)13-7-8-18-40-29-12-6-5-11-28(29)30(38)35-22-27(36-31(32)39)19-25-9-3-2-4-10-25/h2-12,20-21,27H,13-19,22-23H2,1H3,(H,35,38)(H,36,39)/b8-7+/t27-/m1/s1. The Bertz CT molecular complexity index is 1320. The maximum atomic E-state index is 14.0. The van der Waals surface area contributed by atoms with Gasteiger partial charge in [-0.05, 0) is 63.4 Å². The predicted molar refractivity (Wildman–Crippen MR) is 154 cm³/mol. The molecule has 208 valence electrons. The van der Waals surface area contributed by atoms with E-state index in [1.165, 1.54) is 0 Å². The van der Waals surface area contributed by atoms with E-state index < -0.39 is 5.41 Å². The van der Waals surface area contributed by atoms with Crippen LogP contribution in [-0.2, 0) is 17.8 Å². The van der Waals surface area contributed by atoms with E-state index in [9.17, 15) is 9.59 Å². The van der Waals surface area contributed by atoms with Crippen LogP contribution in [0.5, 0.6) is 5.75 Å². The lowest BCUT2D eigenvalue weighted by Gasteiger charge is -2.41. The first kappa shape index (κ1) is 27.5. The third-order valence-corrected chi connectivity index (χ3v) is 7.85. The van der Waals surface area contributed by atoms with Crippen molar-refractivity contribution in [3.8, 4) is 5.75 Å². The lowest BCUT2D eigenvalue weighted by atomic mass is 9.74. The van der Waals surface area contributed by atoms with E-state index in [0.717, 1.165) is 49.4 Å². The zero-order valence-corrected chi connectivity index (χ0v) is 23.0. The van der Waals surface area contributed by atoms with Gasteiger partial charge in [0.25, 0.3) is 5.91 Å². The van der Waals surface area contributed by atoms with Gasteiger partial charge in [0.1, 0.15) is 18.2 Å². The average Bonchev–Trinajstić information content (AvgIpc) is 2.98. The fourth-order valence-electron chi connectivity index (χ4n) is 5.44. The molecule has 2 aromatic carbocycles. The van der Waals surface area contributed by atoms with Crippen LogP contribution in [0.1, 0.15) is 46.6 Å². The van der Waals surface area contributed by atoms with Crippen molar-refractivity contribution in [1.82, 2.24) is 25.5 Å². The van der Waals surface area contributed by atoms with Gasteiger partial charge in [-0.2, -0.15) is 0 Å². The van der Waals surface area contributed by atoms with Gasteiger partial charge in [0.15, 0.2) is 0 Å². The number of carbonyl (C=O) groups is 2. The summed E-state index contributed by atoms with van der Waals surface area (Å²) in [5.74, 6) is 1.14. The Hall–Kier alpha value is -4.04. The van der Waals surface area contributed by atoms with Crippen LogP contribution in [0.3, 0.4) is 0 Å². The number of nitrogens with one attached hydrogen (secondary N) is 2. The largest absolute Gasteiger partial charge is 0.489 e. The van der Waals surface area contributed by atoms with E-state index in [0.29, 0.717) is 37.3 Å². The number of amides is 2. The van der Waals surface area contributed by atoms with E-state index in [1.54, 1.807) is 6.07 Å². The van der Waals surface area contributed by atoms with Crippen LogP contribution in [0.15, 0.2) is 79.1 Å². The second kappa shape index (κ2) is 12.9. The quantitative estimate of drug-likeness (QED) is 0.489. The molecule has 8 nitrogen and oxygen atoms in total.